The van der Waals surface area contributed by atoms with Crippen molar-refractivity contribution in [3.05, 3.63) is 35.4 Å². The van der Waals surface area contributed by atoms with Gasteiger partial charge in [-0.2, -0.15) is 0 Å². The highest BCUT2D eigenvalue weighted by atomic mass is 19.3. The Hall–Kier alpha value is -0.920. The molecule has 0 bridgehead atoms. The number of benzene rings is 1. The molecular formula is C24H38F2. The van der Waals surface area contributed by atoms with E-state index in [9.17, 15) is 8.78 Å². The van der Waals surface area contributed by atoms with Gasteiger partial charge in [0.25, 0.3) is 0 Å². The average Bonchev–Trinajstić information content (AvgIpc) is 2.66. The Labute approximate surface area is 159 Å². The van der Waals surface area contributed by atoms with Crippen LogP contribution < -0.4 is 0 Å². The van der Waals surface area contributed by atoms with Gasteiger partial charge in [0.1, 0.15) is 0 Å². The van der Waals surface area contributed by atoms with E-state index in [1.807, 2.05) is 0 Å². The van der Waals surface area contributed by atoms with Gasteiger partial charge in [-0.25, -0.2) is 8.78 Å². The van der Waals surface area contributed by atoms with Gasteiger partial charge in [0, 0.05) is 6.42 Å². The summed E-state index contributed by atoms with van der Waals surface area (Å²) in [7, 11) is 0. The molecule has 1 aromatic carbocycles. The Balaban J connectivity index is 1.60. The Bertz CT molecular complexity index is 458. The summed E-state index contributed by atoms with van der Waals surface area (Å²) in [5, 5.41) is 0. The topological polar surface area (TPSA) is 0 Å². The maximum Gasteiger partial charge on any atom is 0.239 e. The van der Waals surface area contributed by atoms with Crippen LogP contribution in [0.15, 0.2) is 24.3 Å². The van der Waals surface area contributed by atoms with E-state index in [0.29, 0.717) is 12.3 Å². The zero-order valence-electron chi connectivity index (χ0n) is 16.7. The molecule has 1 aromatic rings. The highest BCUT2D eigenvalue weighted by Gasteiger charge is 2.22. The molecule has 1 aliphatic rings. The molecule has 0 unspecified atom stereocenters. The quantitative estimate of drug-likeness (QED) is 0.327. The largest absolute Gasteiger partial charge is 0.239 e. The van der Waals surface area contributed by atoms with Gasteiger partial charge in [-0.3, -0.25) is 0 Å². The van der Waals surface area contributed by atoms with Gasteiger partial charge >= 0.3 is 0 Å². The number of hydrogen-bond acceptors (Lipinski definition) is 0. The van der Waals surface area contributed by atoms with Crippen LogP contribution in [0.1, 0.15) is 107 Å². The maximum atomic E-state index is 12.3. The minimum absolute atomic E-state index is 0.0247. The van der Waals surface area contributed by atoms with E-state index in [4.69, 9.17) is 0 Å². The van der Waals surface area contributed by atoms with Gasteiger partial charge in [0.05, 0.1) is 0 Å². The SMILES string of the molecule is CCCCCCCCCC1CCC(c2ccc(CCC(F)F)cc2)CC1. The van der Waals surface area contributed by atoms with Crippen molar-refractivity contribution in [1.82, 2.24) is 0 Å². The monoisotopic (exact) mass is 364 g/mol. The molecule has 0 aliphatic heterocycles. The third-order valence-corrected chi connectivity index (χ3v) is 6.17. The molecule has 0 amide bonds. The van der Waals surface area contributed by atoms with Gasteiger partial charge < -0.3 is 0 Å². The number of unbranched alkanes of at least 4 members (excludes halogenated alkanes) is 6. The van der Waals surface area contributed by atoms with Crippen molar-refractivity contribution in [2.24, 2.45) is 5.92 Å². The summed E-state index contributed by atoms with van der Waals surface area (Å²) < 4.78 is 24.6. The van der Waals surface area contributed by atoms with Crippen molar-refractivity contribution in [3.8, 4) is 0 Å². The zero-order chi connectivity index (χ0) is 18.6. The molecule has 1 fully saturated rings. The fourth-order valence-corrected chi connectivity index (χ4v) is 4.41. The molecule has 0 aromatic heterocycles. The van der Waals surface area contributed by atoms with E-state index in [1.54, 1.807) is 0 Å². The maximum absolute atomic E-state index is 12.3. The molecule has 2 rings (SSSR count). The van der Waals surface area contributed by atoms with E-state index in [2.05, 4.69) is 31.2 Å². The second-order valence-corrected chi connectivity index (χ2v) is 8.30. The van der Waals surface area contributed by atoms with Crippen LogP contribution in [-0.2, 0) is 6.42 Å². The lowest BCUT2D eigenvalue weighted by molar-refractivity contribution is 0.138. The molecule has 148 valence electrons. The minimum Gasteiger partial charge on any atom is -0.211 e. The first-order chi connectivity index (χ1) is 12.7. The summed E-state index contributed by atoms with van der Waals surface area (Å²) in [6, 6.07) is 8.48. The molecule has 1 aliphatic carbocycles. The summed E-state index contributed by atoms with van der Waals surface area (Å²) in [5.41, 5.74) is 2.46. The highest BCUT2D eigenvalue weighted by molar-refractivity contribution is 5.26. The van der Waals surface area contributed by atoms with Crippen LogP contribution in [0, 0.1) is 5.92 Å². The molecule has 0 atom stereocenters. The predicted octanol–water partition coefficient (Wildman–Crippen LogP) is 8.30. The fraction of sp³-hybridized carbons (Fsp3) is 0.750. The molecule has 0 nitrogen and oxygen atoms in total. The first-order valence-corrected chi connectivity index (χ1v) is 11.1. The Kier molecular flexibility index (Phi) is 10.2. The van der Waals surface area contributed by atoms with E-state index in [0.717, 1.165) is 11.5 Å². The van der Waals surface area contributed by atoms with Crippen molar-refractivity contribution in [2.75, 3.05) is 0 Å². The standard InChI is InChI=1S/C24H38F2/c1-2-3-4-5-6-7-8-9-20-10-15-22(16-11-20)23-17-12-21(13-18-23)14-19-24(25)26/h12-13,17-18,20,22,24H,2-11,14-16,19H2,1H3. The second kappa shape index (κ2) is 12.5. The fourth-order valence-electron chi connectivity index (χ4n) is 4.41. The first kappa shape index (κ1) is 21.4. The summed E-state index contributed by atoms with van der Waals surface area (Å²) in [6.07, 6.45) is 14.9. The molecule has 0 N–H and O–H groups in total. The minimum atomic E-state index is -2.19. The van der Waals surface area contributed by atoms with Crippen LogP contribution in [0.2, 0.25) is 0 Å². The van der Waals surface area contributed by atoms with Crippen LogP contribution in [-0.4, -0.2) is 6.43 Å². The van der Waals surface area contributed by atoms with Crippen molar-refractivity contribution >= 4 is 0 Å². The third kappa shape index (κ3) is 8.18. The van der Waals surface area contributed by atoms with Crippen molar-refractivity contribution in [3.63, 3.8) is 0 Å². The van der Waals surface area contributed by atoms with Crippen LogP contribution in [0.5, 0.6) is 0 Å². The molecule has 0 heterocycles. The summed E-state index contributed by atoms with van der Waals surface area (Å²) >= 11 is 0. The summed E-state index contributed by atoms with van der Waals surface area (Å²) in [5.74, 6) is 1.62. The molecule has 1 saturated carbocycles. The van der Waals surface area contributed by atoms with E-state index in [1.165, 1.54) is 82.6 Å². The third-order valence-electron chi connectivity index (χ3n) is 6.17. The van der Waals surface area contributed by atoms with E-state index >= 15 is 0 Å². The molecular weight excluding hydrogens is 326 g/mol. The summed E-state index contributed by atoms with van der Waals surface area (Å²) in [4.78, 5) is 0. The molecule has 26 heavy (non-hydrogen) atoms. The van der Waals surface area contributed by atoms with Gasteiger partial charge in [0.2, 0.25) is 6.43 Å². The van der Waals surface area contributed by atoms with Gasteiger partial charge in [0.15, 0.2) is 0 Å². The lowest BCUT2D eigenvalue weighted by Crippen LogP contribution is -2.13. The lowest BCUT2D eigenvalue weighted by atomic mass is 9.77. The lowest BCUT2D eigenvalue weighted by Gasteiger charge is -2.29. The molecule has 0 saturated heterocycles. The van der Waals surface area contributed by atoms with Crippen molar-refractivity contribution in [1.29, 1.82) is 0 Å². The average molecular weight is 365 g/mol. The van der Waals surface area contributed by atoms with Gasteiger partial charge in [-0.15, -0.1) is 0 Å². The number of rotatable bonds is 12. The van der Waals surface area contributed by atoms with Crippen LogP contribution in [0.3, 0.4) is 0 Å². The summed E-state index contributed by atoms with van der Waals surface area (Å²) in [6.45, 7) is 2.28. The molecule has 0 spiro atoms. The smallest absolute Gasteiger partial charge is 0.211 e. The predicted molar refractivity (Wildman–Crippen MR) is 108 cm³/mol. The molecule has 2 heteroatoms. The zero-order valence-corrected chi connectivity index (χ0v) is 16.7. The number of halogens is 2. The van der Waals surface area contributed by atoms with Crippen LogP contribution in [0.4, 0.5) is 8.78 Å². The normalized spacial score (nSPS) is 20.6. The number of alkyl halides is 2. The first-order valence-electron chi connectivity index (χ1n) is 11.1. The van der Waals surface area contributed by atoms with E-state index in [-0.39, 0.29) is 6.42 Å². The highest BCUT2D eigenvalue weighted by Crippen LogP contribution is 2.37. The van der Waals surface area contributed by atoms with E-state index < -0.39 is 6.43 Å². The van der Waals surface area contributed by atoms with Crippen LogP contribution in [0.25, 0.3) is 0 Å². The van der Waals surface area contributed by atoms with Crippen molar-refractivity contribution in [2.45, 2.75) is 109 Å². The van der Waals surface area contributed by atoms with Gasteiger partial charge in [-0.1, -0.05) is 82.6 Å². The van der Waals surface area contributed by atoms with Crippen molar-refractivity contribution < 1.29 is 8.78 Å². The van der Waals surface area contributed by atoms with Gasteiger partial charge in [-0.05, 0) is 55.1 Å². The van der Waals surface area contributed by atoms with Crippen LogP contribution >= 0.6 is 0 Å². The Morgan fingerprint density at radius 2 is 1.46 bits per heavy atom. The Morgan fingerprint density at radius 1 is 0.846 bits per heavy atom. The Morgan fingerprint density at radius 3 is 2.08 bits per heavy atom. The number of hydrogen-bond donors (Lipinski definition) is 0. The number of aryl methyl sites for hydroxylation is 1. The second-order valence-electron chi connectivity index (χ2n) is 8.30. The molecule has 0 radical (unpaired) electrons.